The van der Waals surface area contributed by atoms with Crippen LogP contribution in [0.2, 0.25) is 0 Å². The summed E-state index contributed by atoms with van der Waals surface area (Å²) in [5.41, 5.74) is 6.25. The molecule has 18 heavy (non-hydrogen) atoms. The molecule has 0 radical (unpaired) electrons. The van der Waals surface area contributed by atoms with E-state index in [2.05, 4.69) is 16.5 Å². The fraction of sp³-hybridized carbons (Fsp3) is 0.462. The summed E-state index contributed by atoms with van der Waals surface area (Å²) in [5.74, 6) is 1.92. The first-order chi connectivity index (χ1) is 8.76. The average molecular weight is 265 g/mol. The molecule has 0 aromatic carbocycles. The Balaban J connectivity index is 2.11. The van der Waals surface area contributed by atoms with Crippen molar-refractivity contribution in [2.24, 2.45) is 5.73 Å². The van der Waals surface area contributed by atoms with Gasteiger partial charge in [0.25, 0.3) is 0 Å². The Morgan fingerprint density at radius 3 is 3.11 bits per heavy atom. The van der Waals surface area contributed by atoms with E-state index in [1.807, 2.05) is 23.8 Å². The third-order valence-electron chi connectivity index (χ3n) is 2.88. The molecule has 0 spiro atoms. The minimum atomic E-state index is -0.0574. The number of nitrogens with two attached hydrogens (primary N) is 1. The first-order valence-electron chi connectivity index (χ1n) is 6.13. The van der Waals surface area contributed by atoms with Gasteiger partial charge >= 0.3 is 0 Å². The molecule has 2 aromatic heterocycles. The number of rotatable bonds is 6. The Bertz CT molecular complexity index is 492. The maximum Gasteiger partial charge on any atom is 0.134 e. The minimum Gasteiger partial charge on any atom is -0.496 e. The van der Waals surface area contributed by atoms with E-state index < -0.39 is 0 Å². The Morgan fingerprint density at radius 2 is 2.39 bits per heavy atom. The van der Waals surface area contributed by atoms with E-state index in [0.29, 0.717) is 0 Å². The fourth-order valence-electron chi connectivity index (χ4n) is 2.01. The van der Waals surface area contributed by atoms with Gasteiger partial charge in [0, 0.05) is 31.4 Å². The lowest BCUT2D eigenvalue weighted by atomic mass is 10.1. The van der Waals surface area contributed by atoms with Crippen LogP contribution in [0.15, 0.2) is 23.8 Å². The quantitative estimate of drug-likeness (QED) is 0.873. The highest BCUT2D eigenvalue weighted by Gasteiger charge is 2.16. The molecule has 0 aliphatic rings. The summed E-state index contributed by atoms with van der Waals surface area (Å²) in [6.45, 7) is 3.15. The van der Waals surface area contributed by atoms with Crippen molar-refractivity contribution in [3.05, 3.63) is 34.5 Å². The summed E-state index contributed by atoms with van der Waals surface area (Å²) in [7, 11) is 1.68. The molecule has 0 saturated carbocycles. The zero-order valence-corrected chi connectivity index (χ0v) is 11.6. The van der Waals surface area contributed by atoms with Crippen molar-refractivity contribution in [2.45, 2.75) is 32.4 Å². The van der Waals surface area contributed by atoms with Gasteiger partial charge in [0.2, 0.25) is 0 Å². The Labute approximate surface area is 111 Å². The van der Waals surface area contributed by atoms with Crippen LogP contribution in [0.25, 0.3) is 0 Å². The normalized spacial score (nSPS) is 12.6. The highest BCUT2D eigenvalue weighted by Crippen LogP contribution is 2.31. The second kappa shape index (κ2) is 6.02. The summed E-state index contributed by atoms with van der Waals surface area (Å²) >= 11 is 1.64. The molecule has 4 nitrogen and oxygen atoms in total. The standard InChI is InChI=1S/C13H19N3OS/c1-3-6-16-7-5-15-12(16)9-10(14)13-11(17-2)4-8-18-13/h4-5,7-8,10H,3,6,9,14H2,1-2H3. The predicted octanol–water partition coefficient (Wildman–Crippen LogP) is 2.61. The van der Waals surface area contributed by atoms with Crippen LogP contribution in [0.5, 0.6) is 5.75 Å². The van der Waals surface area contributed by atoms with Crippen molar-refractivity contribution < 1.29 is 4.74 Å². The SMILES string of the molecule is CCCn1ccnc1CC(N)c1sccc1OC. The molecule has 2 aromatic rings. The van der Waals surface area contributed by atoms with Crippen LogP contribution < -0.4 is 10.5 Å². The van der Waals surface area contributed by atoms with Crippen LogP contribution in [0.1, 0.15) is 30.1 Å². The Hall–Kier alpha value is -1.33. The molecule has 2 heterocycles. The number of methoxy groups -OCH3 is 1. The molecule has 0 bridgehead atoms. The Morgan fingerprint density at radius 1 is 1.56 bits per heavy atom. The van der Waals surface area contributed by atoms with Gasteiger partial charge < -0.3 is 15.0 Å². The molecule has 0 amide bonds. The maximum absolute atomic E-state index is 6.25. The lowest BCUT2D eigenvalue weighted by Crippen LogP contribution is -2.16. The van der Waals surface area contributed by atoms with Crippen molar-refractivity contribution in [2.75, 3.05) is 7.11 Å². The smallest absolute Gasteiger partial charge is 0.134 e. The molecular weight excluding hydrogens is 246 g/mol. The second-order valence-electron chi connectivity index (χ2n) is 4.20. The topological polar surface area (TPSA) is 53.1 Å². The lowest BCUT2D eigenvalue weighted by molar-refractivity contribution is 0.408. The molecule has 98 valence electrons. The Kier molecular flexibility index (Phi) is 4.38. The van der Waals surface area contributed by atoms with Gasteiger partial charge in [0.1, 0.15) is 11.6 Å². The number of hydrogen-bond donors (Lipinski definition) is 1. The van der Waals surface area contributed by atoms with E-state index in [-0.39, 0.29) is 6.04 Å². The van der Waals surface area contributed by atoms with Crippen molar-refractivity contribution >= 4 is 11.3 Å². The molecule has 5 heteroatoms. The van der Waals surface area contributed by atoms with Crippen LogP contribution in [0.3, 0.4) is 0 Å². The molecule has 0 aliphatic heterocycles. The molecule has 2 N–H and O–H groups in total. The highest BCUT2D eigenvalue weighted by molar-refractivity contribution is 7.10. The van der Waals surface area contributed by atoms with E-state index in [0.717, 1.165) is 35.8 Å². The van der Waals surface area contributed by atoms with E-state index in [1.165, 1.54) is 0 Å². The van der Waals surface area contributed by atoms with E-state index in [9.17, 15) is 0 Å². The number of thiophene rings is 1. The fourth-order valence-corrected chi connectivity index (χ4v) is 2.88. The maximum atomic E-state index is 6.25. The largest absolute Gasteiger partial charge is 0.496 e. The van der Waals surface area contributed by atoms with E-state index in [1.54, 1.807) is 18.4 Å². The number of imidazole rings is 1. The molecule has 0 fully saturated rings. The van der Waals surface area contributed by atoms with Crippen LogP contribution in [-0.2, 0) is 13.0 Å². The third-order valence-corrected chi connectivity index (χ3v) is 3.91. The van der Waals surface area contributed by atoms with Crippen molar-refractivity contribution in [1.82, 2.24) is 9.55 Å². The lowest BCUT2D eigenvalue weighted by Gasteiger charge is -2.13. The number of ether oxygens (including phenoxy) is 1. The zero-order valence-electron chi connectivity index (χ0n) is 10.8. The second-order valence-corrected chi connectivity index (χ2v) is 5.15. The summed E-state index contributed by atoms with van der Waals surface area (Å²) < 4.78 is 7.47. The van der Waals surface area contributed by atoms with Gasteiger partial charge in [-0.2, -0.15) is 0 Å². The molecular formula is C13H19N3OS. The van der Waals surface area contributed by atoms with Gasteiger partial charge in [-0.25, -0.2) is 4.98 Å². The van der Waals surface area contributed by atoms with Crippen LogP contribution in [-0.4, -0.2) is 16.7 Å². The van der Waals surface area contributed by atoms with Crippen LogP contribution in [0, 0.1) is 0 Å². The summed E-state index contributed by atoms with van der Waals surface area (Å²) in [6, 6.07) is 1.90. The molecule has 1 atom stereocenters. The summed E-state index contributed by atoms with van der Waals surface area (Å²) in [6.07, 6.45) is 5.69. The molecule has 1 unspecified atom stereocenters. The third kappa shape index (κ3) is 2.73. The zero-order chi connectivity index (χ0) is 13.0. The van der Waals surface area contributed by atoms with Crippen LogP contribution >= 0.6 is 11.3 Å². The highest BCUT2D eigenvalue weighted by atomic mass is 32.1. The first kappa shape index (κ1) is 13.1. The van der Waals surface area contributed by atoms with Crippen molar-refractivity contribution in [1.29, 1.82) is 0 Å². The van der Waals surface area contributed by atoms with Gasteiger partial charge in [0.15, 0.2) is 0 Å². The number of hydrogen-bond acceptors (Lipinski definition) is 4. The number of aromatic nitrogens is 2. The van der Waals surface area contributed by atoms with E-state index >= 15 is 0 Å². The predicted molar refractivity (Wildman–Crippen MR) is 74.0 cm³/mol. The van der Waals surface area contributed by atoms with Gasteiger partial charge in [-0.3, -0.25) is 0 Å². The number of aryl methyl sites for hydroxylation is 1. The summed E-state index contributed by atoms with van der Waals surface area (Å²) in [4.78, 5) is 5.47. The average Bonchev–Trinajstić information content (AvgIpc) is 2.98. The van der Waals surface area contributed by atoms with Gasteiger partial charge in [-0.15, -0.1) is 11.3 Å². The van der Waals surface area contributed by atoms with E-state index in [4.69, 9.17) is 10.5 Å². The monoisotopic (exact) mass is 265 g/mol. The van der Waals surface area contributed by atoms with Gasteiger partial charge in [-0.05, 0) is 17.9 Å². The van der Waals surface area contributed by atoms with Gasteiger partial charge in [0.05, 0.1) is 12.0 Å². The van der Waals surface area contributed by atoms with Crippen molar-refractivity contribution in [3.63, 3.8) is 0 Å². The first-order valence-corrected chi connectivity index (χ1v) is 7.01. The van der Waals surface area contributed by atoms with Gasteiger partial charge in [-0.1, -0.05) is 6.92 Å². The molecule has 2 rings (SSSR count). The molecule has 0 saturated heterocycles. The minimum absolute atomic E-state index is 0.0574. The summed E-state index contributed by atoms with van der Waals surface area (Å²) in [5, 5.41) is 2.01. The van der Waals surface area contributed by atoms with Crippen LogP contribution in [0.4, 0.5) is 0 Å². The van der Waals surface area contributed by atoms with Crippen molar-refractivity contribution in [3.8, 4) is 5.75 Å². The number of nitrogens with zero attached hydrogens (tertiary/aromatic N) is 2. The molecule has 0 aliphatic carbocycles.